The number of benzene rings is 2. The molecular weight excluding hydrogens is 384 g/mol. The van der Waals surface area contributed by atoms with Crippen molar-refractivity contribution in [3.05, 3.63) is 83.2 Å². The van der Waals surface area contributed by atoms with Crippen molar-refractivity contribution >= 4 is 0 Å². The molecule has 0 radical (unpaired) electrons. The Bertz CT molecular complexity index is 989. The number of nitrogens with zero attached hydrogens (tertiary/aromatic N) is 4. The lowest BCUT2D eigenvalue weighted by atomic mass is 10.0. The van der Waals surface area contributed by atoms with E-state index < -0.39 is 0 Å². The van der Waals surface area contributed by atoms with Crippen molar-refractivity contribution in [3.8, 4) is 11.4 Å². The van der Waals surface area contributed by atoms with Gasteiger partial charge in [-0.1, -0.05) is 48.0 Å². The van der Waals surface area contributed by atoms with E-state index in [0.717, 1.165) is 56.1 Å². The van der Waals surface area contributed by atoms with E-state index in [2.05, 4.69) is 76.1 Å². The molecule has 1 fully saturated rings. The number of aryl methyl sites for hydroxylation is 2. The summed E-state index contributed by atoms with van der Waals surface area (Å²) in [5.41, 5.74) is 6.10. The Morgan fingerprint density at radius 3 is 2.52 bits per heavy atom. The first-order chi connectivity index (χ1) is 15.1. The third-order valence-corrected chi connectivity index (χ3v) is 6.17. The maximum atomic E-state index is 9.63. The van der Waals surface area contributed by atoms with E-state index in [1.165, 1.54) is 16.7 Å². The van der Waals surface area contributed by atoms with Gasteiger partial charge in [-0.3, -0.25) is 9.80 Å². The van der Waals surface area contributed by atoms with Crippen molar-refractivity contribution in [1.82, 2.24) is 19.8 Å². The molecule has 5 nitrogen and oxygen atoms in total. The van der Waals surface area contributed by atoms with E-state index in [-0.39, 0.29) is 6.61 Å². The van der Waals surface area contributed by atoms with Crippen molar-refractivity contribution < 1.29 is 5.11 Å². The van der Waals surface area contributed by atoms with Gasteiger partial charge in [0.1, 0.15) is 0 Å². The molecule has 1 saturated heterocycles. The number of piperazine rings is 1. The average Bonchev–Trinajstić information content (AvgIpc) is 2.78. The number of hydrogen-bond acceptors (Lipinski definition) is 5. The van der Waals surface area contributed by atoms with Crippen LogP contribution in [0.5, 0.6) is 0 Å². The van der Waals surface area contributed by atoms with Crippen LogP contribution < -0.4 is 0 Å². The molecule has 1 unspecified atom stereocenters. The van der Waals surface area contributed by atoms with E-state index >= 15 is 0 Å². The highest BCUT2D eigenvalue weighted by Gasteiger charge is 2.27. The van der Waals surface area contributed by atoms with Gasteiger partial charge in [-0.25, -0.2) is 9.97 Å². The number of rotatable bonds is 7. The van der Waals surface area contributed by atoms with Gasteiger partial charge < -0.3 is 5.11 Å². The van der Waals surface area contributed by atoms with Crippen molar-refractivity contribution in [2.75, 3.05) is 26.2 Å². The summed E-state index contributed by atoms with van der Waals surface area (Å²) in [6, 6.07) is 17.2. The zero-order chi connectivity index (χ0) is 21.6. The molecule has 31 heavy (non-hydrogen) atoms. The van der Waals surface area contributed by atoms with Gasteiger partial charge in [0.05, 0.1) is 0 Å². The lowest BCUT2D eigenvalue weighted by molar-refractivity contribution is 0.0498. The molecule has 4 rings (SSSR count). The summed E-state index contributed by atoms with van der Waals surface area (Å²) in [5, 5.41) is 9.63. The Morgan fingerprint density at radius 1 is 0.968 bits per heavy atom. The molecule has 1 N–H and O–H groups in total. The van der Waals surface area contributed by atoms with Crippen molar-refractivity contribution in [2.24, 2.45) is 0 Å². The number of aromatic nitrogens is 2. The minimum absolute atomic E-state index is 0.219. The Balaban J connectivity index is 1.39. The third-order valence-electron chi connectivity index (χ3n) is 6.17. The largest absolute Gasteiger partial charge is 0.396 e. The Morgan fingerprint density at radius 2 is 1.77 bits per heavy atom. The van der Waals surface area contributed by atoms with E-state index in [1.54, 1.807) is 0 Å². The molecule has 162 valence electrons. The Kier molecular flexibility index (Phi) is 7.07. The SMILES string of the molecule is Cc1cccc(-c2ncc(CN3CCN(Cc4ccccc4C)C(CCO)C3)cn2)c1. The van der Waals surface area contributed by atoms with Crippen LogP contribution in [0.1, 0.15) is 28.7 Å². The summed E-state index contributed by atoms with van der Waals surface area (Å²) in [4.78, 5) is 14.2. The monoisotopic (exact) mass is 416 g/mol. The van der Waals surface area contributed by atoms with Gasteiger partial charge in [0.15, 0.2) is 5.82 Å². The van der Waals surface area contributed by atoms with Gasteiger partial charge in [0.25, 0.3) is 0 Å². The topological polar surface area (TPSA) is 52.5 Å². The molecule has 2 aromatic carbocycles. The second kappa shape index (κ2) is 10.1. The van der Waals surface area contributed by atoms with Crippen LogP contribution in [0.25, 0.3) is 11.4 Å². The van der Waals surface area contributed by atoms with Crippen molar-refractivity contribution in [3.63, 3.8) is 0 Å². The Labute approximate surface area is 185 Å². The predicted molar refractivity (Wildman–Crippen MR) is 125 cm³/mol. The molecule has 0 amide bonds. The summed E-state index contributed by atoms with van der Waals surface area (Å²) in [7, 11) is 0. The molecule has 5 heteroatoms. The first kappa shape index (κ1) is 21.6. The molecule has 2 heterocycles. The van der Waals surface area contributed by atoms with Gasteiger partial charge in [0.2, 0.25) is 0 Å². The van der Waals surface area contributed by atoms with Crippen LogP contribution in [-0.4, -0.2) is 57.2 Å². The molecule has 0 saturated carbocycles. The standard InChI is InChI=1S/C26H32N4O/c1-20-6-5-9-23(14-20)26-27-15-22(16-28-26)17-29-11-12-30(25(19-29)10-13-31)18-24-8-4-3-7-21(24)2/h3-9,14-16,25,31H,10-13,17-19H2,1-2H3. The smallest absolute Gasteiger partial charge is 0.159 e. The Hall–Kier alpha value is -2.60. The van der Waals surface area contributed by atoms with Crippen LogP contribution >= 0.6 is 0 Å². The first-order valence-electron chi connectivity index (χ1n) is 11.1. The number of hydrogen-bond donors (Lipinski definition) is 1. The normalized spacial score (nSPS) is 17.7. The maximum Gasteiger partial charge on any atom is 0.159 e. The molecule has 0 aliphatic carbocycles. The molecule has 1 atom stereocenters. The van der Waals surface area contributed by atoms with E-state index in [0.29, 0.717) is 6.04 Å². The zero-order valence-corrected chi connectivity index (χ0v) is 18.5. The second-order valence-corrected chi connectivity index (χ2v) is 8.58. The third kappa shape index (κ3) is 5.56. The van der Waals surface area contributed by atoms with Crippen LogP contribution in [-0.2, 0) is 13.1 Å². The lowest BCUT2D eigenvalue weighted by Crippen LogP contribution is -2.52. The zero-order valence-electron chi connectivity index (χ0n) is 18.5. The van der Waals surface area contributed by atoms with E-state index in [1.807, 2.05) is 18.5 Å². The molecule has 1 aromatic heterocycles. The molecule has 1 aliphatic rings. The highest BCUT2D eigenvalue weighted by molar-refractivity contribution is 5.55. The summed E-state index contributed by atoms with van der Waals surface area (Å²) >= 11 is 0. The summed E-state index contributed by atoms with van der Waals surface area (Å²) < 4.78 is 0. The highest BCUT2D eigenvalue weighted by Crippen LogP contribution is 2.20. The predicted octanol–water partition coefficient (Wildman–Crippen LogP) is 3.83. The summed E-state index contributed by atoms with van der Waals surface area (Å²) in [6.07, 6.45) is 4.70. The molecule has 1 aliphatic heterocycles. The average molecular weight is 417 g/mol. The molecule has 0 bridgehead atoms. The summed E-state index contributed by atoms with van der Waals surface area (Å²) in [5.74, 6) is 0.772. The van der Waals surface area contributed by atoms with Gasteiger partial charge in [-0.15, -0.1) is 0 Å². The van der Waals surface area contributed by atoms with Crippen LogP contribution in [0, 0.1) is 13.8 Å². The number of aliphatic hydroxyl groups is 1. The fraction of sp³-hybridized carbons (Fsp3) is 0.385. The molecule has 0 spiro atoms. The van der Waals surface area contributed by atoms with Crippen LogP contribution in [0.3, 0.4) is 0 Å². The van der Waals surface area contributed by atoms with Crippen molar-refractivity contribution in [2.45, 2.75) is 39.4 Å². The molecular formula is C26H32N4O. The van der Waals surface area contributed by atoms with Gasteiger partial charge >= 0.3 is 0 Å². The first-order valence-corrected chi connectivity index (χ1v) is 11.1. The summed E-state index contributed by atoms with van der Waals surface area (Å²) in [6.45, 7) is 9.22. The van der Waals surface area contributed by atoms with Gasteiger partial charge in [0, 0.05) is 68.9 Å². The van der Waals surface area contributed by atoms with Gasteiger partial charge in [-0.2, -0.15) is 0 Å². The van der Waals surface area contributed by atoms with Crippen LogP contribution in [0.15, 0.2) is 60.9 Å². The van der Waals surface area contributed by atoms with Crippen molar-refractivity contribution in [1.29, 1.82) is 0 Å². The van der Waals surface area contributed by atoms with E-state index in [9.17, 15) is 5.11 Å². The second-order valence-electron chi connectivity index (χ2n) is 8.58. The van der Waals surface area contributed by atoms with Gasteiger partial charge in [-0.05, 0) is 37.5 Å². The minimum atomic E-state index is 0.219. The quantitative estimate of drug-likeness (QED) is 0.634. The van der Waals surface area contributed by atoms with E-state index in [4.69, 9.17) is 0 Å². The van der Waals surface area contributed by atoms with Crippen LogP contribution in [0.4, 0.5) is 0 Å². The molecule has 3 aromatic rings. The lowest BCUT2D eigenvalue weighted by Gasteiger charge is -2.41. The highest BCUT2D eigenvalue weighted by atomic mass is 16.3. The number of aliphatic hydroxyl groups excluding tert-OH is 1. The fourth-order valence-electron chi connectivity index (χ4n) is 4.37. The minimum Gasteiger partial charge on any atom is -0.396 e. The van der Waals surface area contributed by atoms with Crippen LogP contribution in [0.2, 0.25) is 0 Å². The fourth-order valence-corrected chi connectivity index (χ4v) is 4.37. The maximum absolute atomic E-state index is 9.63.